The van der Waals surface area contributed by atoms with Crippen LogP contribution in [0, 0.1) is 0 Å². The molecule has 1 fully saturated rings. The number of likely N-dealkylation sites (N-methyl/N-ethyl adjacent to an activating group) is 1. The van der Waals surface area contributed by atoms with Crippen LogP contribution in [0.3, 0.4) is 0 Å². The van der Waals surface area contributed by atoms with Gasteiger partial charge in [0.05, 0.1) is 0 Å². The van der Waals surface area contributed by atoms with E-state index in [0.29, 0.717) is 6.04 Å². The molecule has 1 unspecified atom stereocenters. The van der Waals surface area contributed by atoms with Gasteiger partial charge in [-0.25, -0.2) is 4.63 Å². The summed E-state index contributed by atoms with van der Waals surface area (Å²) in [5.74, 6) is 0. The molecule has 0 amide bonds. The van der Waals surface area contributed by atoms with Crippen LogP contribution in [0.2, 0.25) is 0 Å². The number of fused-ring (bicyclic) bond motifs is 1. The van der Waals surface area contributed by atoms with Gasteiger partial charge in [-0.3, -0.25) is 4.90 Å². The largest absolute Gasteiger partial charge is 0.396 e. The molecule has 3 rings (SSSR count). The highest BCUT2D eigenvalue weighted by molar-refractivity contribution is 5.76. The Morgan fingerprint density at radius 2 is 2.25 bits per heavy atom. The average Bonchev–Trinajstić information content (AvgIpc) is 2.91. The zero-order valence-corrected chi connectivity index (χ0v) is 11.7. The van der Waals surface area contributed by atoms with Crippen LogP contribution in [0.1, 0.15) is 12.0 Å². The topological polar surface area (TPSA) is 65.6 Å². The number of nitrogens with zero attached hydrogens (tertiary/aromatic N) is 4. The SMILES string of the molecule is CN1CCN(Cc2cccc3nonc23)C(CCO)C1. The molecule has 0 aliphatic carbocycles. The van der Waals surface area contributed by atoms with E-state index in [1.807, 2.05) is 12.1 Å². The number of benzene rings is 1. The van der Waals surface area contributed by atoms with Crippen LogP contribution in [-0.4, -0.2) is 64.6 Å². The van der Waals surface area contributed by atoms with Crippen LogP contribution in [0.25, 0.3) is 11.0 Å². The highest BCUT2D eigenvalue weighted by atomic mass is 16.6. The van der Waals surface area contributed by atoms with Crippen molar-refractivity contribution in [3.05, 3.63) is 23.8 Å². The third-order valence-corrected chi connectivity index (χ3v) is 4.01. The van der Waals surface area contributed by atoms with E-state index in [1.54, 1.807) is 0 Å². The van der Waals surface area contributed by atoms with Crippen molar-refractivity contribution >= 4 is 11.0 Å². The van der Waals surface area contributed by atoms with E-state index in [-0.39, 0.29) is 6.61 Å². The van der Waals surface area contributed by atoms with Crippen molar-refractivity contribution in [2.45, 2.75) is 19.0 Å². The van der Waals surface area contributed by atoms with E-state index in [0.717, 1.165) is 49.2 Å². The lowest BCUT2D eigenvalue weighted by Crippen LogP contribution is -2.51. The van der Waals surface area contributed by atoms with Crippen LogP contribution in [0.4, 0.5) is 0 Å². The van der Waals surface area contributed by atoms with E-state index in [2.05, 4.69) is 33.2 Å². The van der Waals surface area contributed by atoms with Crippen molar-refractivity contribution in [1.29, 1.82) is 0 Å². The summed E-state index contributed by atoms with van der Waals surface area (Å²) >= 11 is 0. The van der Waals surface area contributed by atoms with E-state index in [1.165, 1.54) is 0 Å². The molecule has 0 radical (unpaired) electrons. The van der Waals surface area contributed by atoms with Gasteiger partial charge in [0, 0.05) is 38.8 Å². The first-order valence-electron chi connectivity index (χ1n) is 7.01. The van der Waals surface area contributed by atoms with Crippen molar-refractivity contribution in [2.24, 2.45) is 0 Å². The number of hydrogen-bond donors (Lipinski definition) is 1. The first-order valence-corrected chi connectivity index (χ1v) is 7.01. The lowest BCUT2D eigenvalue weighted by atomic mass is 10.1. The maximum absolute atomic E-state index is 9.24. The maximum atomic E-state index is 9.24. The third kappa shape index (κ3) is 2.67. The lowest BCUT2D eigenvalue weighted by molar-refractivity contribution is 0.0669. The molecule has 1 atom stereocenters. The Morgan fingerprint density at radius 3 is 3.10 bits per heavy atom. The van der Waals surface area contributed by atoms with Crippen molar-refractivity contribution < 1.29 is 9.74 Å². The first-order chi connectivity index (χ1) is 9.78. The molecule has 6 heteroatoms. The molecule has 0 saturated carbocycles. The Kier molecular flexibility index (Phi) is 3.95. The van der Waals surface area contributed by atoms with Crippen LogP contribution < -0.4 is 0 Å². The second kappa shape index (κ2) is 5.87. The monoisotopic (exact) mass is 276 g/mol. The zero-order valence-electron chi connectivity index (χ0n) is 11.7. The number of aliphatic hydroxyl groups excluding tert-OH is 1. The van der Waals surface area contributed by atoms with Gasteiger partial charge in [-0.1, -0.05) is 12.1 Å². The van der Waals surface area contributed by atoms with Crippen molar-refractivity contribution in [3.63, 3.8) is 0 Å². The van der Waals surface area contributed by atoms with Gasteiger partial charge in [0.2, 0.25) is 0 Å². The molecule has 2 heterocycles. The van der Waals surface area contributed by atoms with Crippen LogP contribution >= 0.6 is 0 Å². The second-order valence-electron chi connectivity index (χ2n) is 5.45. The number of rotatable bonds is 4. The standard InChI is InChI=1S/C14H20N4O2/c1-17-6-7-18(12(10-17)5-8-19)9-11-3-2-4-13-14(11)16-20-15-13/h2-4,12,19H,5-10H2,1H3. The highest BCUT2D eigenvalue weighted by Gasteiger charge is 2.25. The summed E-state index contributed by atoms with van der Waals surface area (Å²) in [5.41, 5.74) is 2.78. The minimum atomic E-state index is 0.227. The summed E-state index contributed by atoms with van der Waals surface area (Å²) in [7, 11) is 2.13. The van der Waals surface area contributed by atoms with E-state index in [4.69, 9.17) is 4.63 Å². The summed E-state index contributed by atoms with van der Waals surface area (Å²) in [6.07, 6.45) is 0.803. The molecule has 1 saturated heterocycles. The Balaban J connectivity index is 1.80. The normalized spacial score (nSPS) is 21.6. The summed E-state index contributed by atoms with van der Waals surface area (Å²) in [6.45, 7) is 4.10. The molecule has 6 nitrogen and oxygen atoms in total. The fourth-order valence-electron chi connectivity index (χ4n) is 2.89. The van der Waals surface area contributed by atoms with Crippen LogP contribution in [-0.2, 0) is 6.54 Å². The predicted molar refractivity (Wildman–Crippen MR) is 75.2 cm³/mol. The van der Waals surface area contributed by atoms with Gasteiger partial charge >= 0.3 is 0 Å². The Morgan fingerprint density at radius 1 is 1.35 bits per heavy atom. The van der Waals surface area contributed by atoms with Crippen molar-refractivity contribution in [2.75, 3.05) is 33.3 Å². The van der Waals surface area contributed by atoms with Gasteiger partial charge in [-0.05, 0) is 35.4 Å². The summed E-state index contributed by atoms with van der Waals surface area (Å²) < 4.78 is 4.82. The van der Waals surface area contributed by atoms with Gasteiger partial charge in [0.1, 0.15) is 11.0 Å². The smallest absolute Gasteiger partial charge is 0.139 e. The minimum absolute atomic E-state index is 0.227. The molecular formula is C14H20N4O2. The van der Waals surface area contributed by atoms with Gasteiger partial charge in [0.25, 0.3) is 0 Å². The van der Waals surface area contributed by atoms with Crippen molar-refractivity contribution in [3.8, 4) is 0 Å². The lowest BCUT2D eigenvalue weighted by Gasteiger charge is -2.40. The summed E-state index contributed by atoms with van der Waals surface area (Å²) in [4.78, 5) is 4.73. The number of piperazine rings is 1. The summed E-state index contributed by atoms with van der Waals surface area (Å²) in [6, 6.07) is 6.35. The van der Waals surface area contributed by atoms with Gasteiger partial charge < -0.3 is 10.0 Å². The molecule has 2 aromatic rings. The molecular weight excluding hydrogens is 256 g/mol. The molecule has 108 valence electrons. The van der Waals surface area contributed by atoms with Crippen molar-refractivity contribution in [1.82, 2.24) is 20.1 Å². The first kappa shape index (κ1) is 13.5. The number of aromatic nitrogens is 2. The Labute approximate surface area is 117 Å². The van der Waals surface area contributed by atoms with Gasteiger partial charge in [-0.2, -0.15) is 0 Å². The summed E-state index contributed by atoms with van der Waals surface area (Å²) in [5, 5.41) is 17.1. The Bertz CT molecular complexity index is 571. The van der Waals surface area contributed by atoms with Gasteiger partial charge in [0.15, 0.2) is 0 Å². The molecule has 20 heavy (non-hydrogen) atoms. The fourth-order valence-corrected chi connectivity index (χ4v) is 2.89. The molecule has 0 spiro atoms. The zero-order chi connectivity index (χ0) is 13.9. The number of hydrogen-bond acceptors (Lipinski definition) is 6. The molecule has 1 aliphatic heterocycles. The van der Waals surface area contributed by atoms with E-state index < -0.39 is 0 Å². The van der Waals surface area contributed by atoms with Gasteiger partial charge in [-0.15, -0.1) is 0 Å². The average molecular weight is 276 g/mol. The maximum Gasteiger partial charge on any atom is 0.139 e. The molecule has 1 aromatic carbocycles. The fraction of sp³-hybridized carbons (Fsp3) is 0.571. The molecule has 0 bridgehead atoms. The van der Waals surface area contributed by atoms with Crippen LogP contribution in [0.5, 0.6) is 0 Å². The number of aliphatic hydroxyl groups is 1. The molecule has 1 aliphatic rings. The van der Waals surface area contributed by atoms with E-state index >= 15 is 0 Å². The quantitative estimate of drug-likeness (QED) is 0.887. The van der Waals surface area contributed by atoms with Crippen LogP contribution in [0.15, 0.2) is 22.8 Å². The molecule has 1 aromatic heterocycles. The molecule has 1 N–H and O–H groups in total. The highest BCUT2D eigenvalue weighted by Crippen LogP contribution is 2.20. The third-order valence-electron chi connectivity index (χ3n) is 4.01. The second-order valence-corrected chi connectivity index (χ2v) is 5.45. The van der Waals surface area contributed by atoms with E-state index in [9.17, 15) is 5.11 Å². The minimum Gasteiger partial charge on any atom is -0.396 e. The Hall–Kier alpha value is -1.50. The predicted octanol–water partition coefficient (Wildman–Crippen LogP) is 0.721.